The molecule has 0 spiro atoms. The third-order valence-corrected chi connectivity index (χ3v) is 8.28. The Morgan fingerprint density at radius 3 is 2.39 bits per heavy atom. The second kappa shape index (κ2) is 8.23. The molecule has 1 amide bonds. The molecule has 3 heterocycles. The van der Waals surface area contributed by atoms with E-state index >= 15 is 0 Å². The highest BCUT2D eigenvalue weighted by atomic mass is 32.2. The zero-order valence-corrected chi connectivity index (χ0v) is 17.6. The average Bonchev–Trinajstić information content (AvgIpc) is 3.04. The summed E-state index contributed by atoms with van der Waals surface area (Å²) in [5.41, 5.74) is 4.96. The standard InChI is InChI=1S/C16H24F2N2O6S2/c1-15(22-3)16(2,23-4)26-10-9(25-15)8-13(28-11(10)12(17)18)27-7(20-8)5-6-24-14(19)21/h8-13H,5-6H2,1-4H3,(H2,19,21)/t8-,9-,10+,11+,13+,15+,16+/m1/s1. The first-order chi connectivity index (χ1) is 13.1. The molecule has 0 bridgehead atoms. The molecule has 8 nitrogen and oxygen atoms in total. The van der Waals surface area contributed by atoms with Gasteiger partial charge in [-0.1, -0.05) is 11.8 Å². The zero-order valence-electron chi connectivity index (χ0n) is 15.9. The molecule has 0 radical (unpaired) electrons. The summed E-state index contributed by atoms with van der Waals surface area (Å²) in [4.78, 5) is 15.4. The van der Waals surface area contributed by atoms with Crippen molar-refractivity contribution in [3.05, 3.63) is 0 Å². The third-order valence-electron chi connectivity index (χ3n) is 5.23. The molecule has 3 rings (SSSR count). The van der Waals surface area contributed by atoms with Crippen molar-refractivity contribution in [2.45, 2.75) is 66.3 Å². The number of rotatable bonds is 6. The highest BCUT2D eigenvalue weighted by molar-refractivity contribution is 8.25. The van der Waals surface area contributed by atoms with Crippen molar-refractivity contribution in [2.75, 3.05) is 20.8 Å². The highest BCUT2D eigenvalue weighted by Crippen LogP contribution is 2.53. The predicted molar refractivity (Wildman–Crippen MR) is 101 cm³/mol. The van der Waals surface area contributed by atoms with Crippen LogP contribution in [-0.4, -0.2) is 78.0 Å². The molecule has 0 aliphatic carbocycles. The number of halogens is 2. The van der Waals surface area contributed by atoms with Crippen LogP contribution in [0.1, 0.15) is 20.3 Å². The summed E-state index contributed by atoms with van der Waals surface area (Å²) in [6, 6.07) is -0.408. The lowest BCUT2D eigenvalue weighted by molar-refractivity contribution is -0.450. The van der Waals surface area contributed by atoms with Crippen molar-refractivity contribution in [1.82, 2.24) is 0 Å². The predicted octanol–water partition coefficient (Wildman–Crippen LogP) is 2.20. The Morgan fingerprint density at radius 2 is 1.86 bits per heavy atom. The van der Waals surface area contributed by atoms with E-state index in [4.69, 9.17) is 29.4 Å². The van der Waals surface area contributed by atoms with Gasteiger partial charge in [-0.2, -0.15) is 0 Å². The number of fused-ring (bicyclic) bond motifs is 3. The van der Waals surface area contributed by atoms with Crippen molar-refractivity contribution in [2.24, 2.45) is 10.7 Å². The molecule has 2 N–H and O–H groups in total. The Labute approximate surface area is 170 Å². The van der Waals surface area contributed by atoms with Gasteiger partial charge in [-0.05, 0) is 13.8 Å². The molecule has 0 aromatic heterocycles. The van der Waals surface area contributed by atoms with E-state index in [1.165, 1.54) is 26.0 Å². The third kappa shape index (κ3) is 3.86. The second-order valence-corrected chi connectivity index (χ2v) is 9.65. The van der Waals surface area contributed by atoms with Crippen LogP contribution in [0, 0.1) is 0 Å². The molecule has 2 fully saturated rings. The minimum absolute atomic E-state index is 0.0759. The molecule has 0 saturated carbocycles. The highest BCUT2D eigenvalue weighted by Gasteiger charge is 2.64. The summed E-state index contributed by atoms with van der Waals surface area (Å²) in [5.74, 6) is -2.67. The van der Waals surface area contributed by atoms with Crippen LogP contribution in [-0.2, 0) is 23.7 Å². The molecule has 3 aliphatic heterocycles. The quantitative estimate of drug-likeness (QED) is 0.668. The number of amides is 1. The van der Waals surface area contributed by atoms with E-state index in [1.807, 2.05) is 0 Å². The zero-order chi connectivity index (χ0) is 20.7. The van der Waals surface area contributed by atoms with Gasteiger partial charge in [0.15, 0.2) is 0 Å². The Balaban J connectivity index is 1.85. The first kappa shape index (κ1) is 22.0. The molecule has 3 aliphatic rings. The number of hydrogen-bond acceptors (Lipinski definition) is 9. The van der Waals surface area contributed by atoms with Crippen LogP contribution >= 0.6 is 23.5 Å². The summed E-state index contributed by atoms with van der Waals surface area (Å²) in [6.45, 7) is 3.33. The number of carbonyl (C=O) groups is 1. The summed E-state index contributed by atoms with van der Waals surface area (Å²) in [7, 11) is 2.86. The number of alkyl halides is 2. The number of carbonyl (C=O) groups excluding carboxylic acids is 1. The molecule has 160 valence electrons. The first-order valence-corrected chi connectivity index (χ1v) is 10.5. The van der Waals surface area contributed by atoms with Crippen LogP contribution in [0.2, 0.25) is 0 Å². The summed E-state index contributed by atoms with van der Waals surface area (Å²) >= 11 is 2.50. The number of aliphatic imine (C=N–C) groups is 1. The van der Waals surface area contributed by atoms with Gasteiger partial charge in [0.05, 0.1) is 21.5 Å². The van der Waals surface area contributed by atoms with Crippen molar-refractivity contribution in [3.8, 4) is 0 Å². The number of hydrogen-bond donors (Lipinski definition) is 1. The van der Waals surface area contributed by atoms with E-state index < -0.39 is 47.6 Å². The van der Waals surface area contributed by atoms with Gasteiger partial charge in [0, 0.05) is 20.6 Å². The van der Waals surface area contributed by atoms with Crippen molar-refractivity contribution < 1.29 is 37.3 Å². The van der Waals surface area contributed by atoms with Crippen molar-refractivity contribution >= 4 is 34.7 Å². The summed E-state index contributed by atoms with van der Waals surface area (Å²) in [6.07, 6.45) is -4.79. The Morgan fingerprint density at radius 1 is 1.25 bits per heavy atom. The van der Waals surface area contributed by atoms with Gasteiger partial charge in [-0.15, -0.1) is 11.8 Å². The van der Waals surface area contributed by atoms with Crippen molar-refractivity contribution in [3.63, 3.8) is 0 Å². The number of methoxy groups -OCH3 is 2. The van der Waals surface area contributed by atoms with Gasteiger partial charge in [0.1, 0.15) is 18.2 Å². The minimum atomic E-state index is -2.61. The smallest absolute Gasteiger partial charge is 0.404 e. The molecule has 7 atom stereocenters. The lowest BCUT2D eigenvalue weighted by Gasteiger charge is -2.56. The fourth-order valence-electron chi connectivity index (χ4n) is 3.45. The molecular formula is C16H24F2N2O6S2. The maximum absolute atomic E-state index is 13.8. The molecule has 2 saturated heterocycles. The van der Waals surface area contributed by atoms with Gasteiger partial charge < -0.3 is 29.4 Å². The van der Waals surface area contributed by atoms with Crippen LogP contribution in [0.5, 0.6) is 0 Å². The van der Waals surface area contributed by atoms with E-state index in [0.29, 0.717) is 11.5 Å². The fourth-order valence-corrected chi connectivity index (χ4v) is 6.57. The number of ether oxygens (including phenoxy) is 5. The Bertz CT molecular complexity index is 644. The van der Waals surface area contributed by atoms with Crippen LogP contribution < -0.4 is 5.73 Å². The number of thioether (sulfide) groups is 2. The van der Waals surface area contributed by atoms with E-state index in [1.54, 1.807) is 13.8 Å². The maximum Gasteiger partial charge on any atom is 0.404 e. The van der Waals surface area contributed by atoms with Gasteiger partial charge in [0.25, 0.3) is 6.43 Å². The largest absolute Gasteiger partial charge is 0.449 e. The monoisotopic (exact) mass is 442 g/mol. The molecule has 0 aromatic carbocycles. The Hall–Kier alpha value is -0.660. The van der Waals surface area contributed by atoms with Crippen LogP contribution in [0.3, 0.4) is 0 Å². The van der Waals surface area contributed by atoms with Crippen molar-refractivity contribution in [1.29, 1.82) is 0 Å². The van der Waals surface area contributed by atoms with Gasteiger partial charge in [0.2, 0.25) is 11.6 Å². The molecule has 12 heteroatoms. The SMILES string of the molecule is CO[C@@]1(C)O[C@@H]2[C@H]3N=C(CCOC(N)=O)S[C@H]3S[C@H](C(F)F)[C@H]2O[C@]1(C)OC. The fraction of sp³-hybridized carbons (Fsp3) is 0.875. The normalized spacial score (nSPS) is 42.7. The van der Waals surface area contributed by atoms with Crippen LogP contribution in [0.4, 0.5) is 13.6 Å². The van der Waals surface area contributed by atoms with E-state index in [-0.39, 0.29) is 11.2 Å². The van der Waals surface area contributed by atoms with E-state index in [9.17, 15) is 13.6 Å². The summed E-state index contributed by atoms with van der Waals surface area (Å²) < 4.78 is 55.3. The number of primary amides is 1. The second-order valence-electron chi connectivity index (χ2n) is 6.82. The molecule has 0 aromatic rings. The molecule has 28 heavy (non-hydrogen) atoms. The first-order valence-electron chi connectivity index (χ1n) is 8.69. The van der Waals surface area contributed by atoms with Crippen LogP contribution in [0.25, 0.3) is 0 Å². The topological polar surface area (TPSA) is 102 Å². The minimum Gasteiger partial charge on any atom is -0.449 e. The van der Waals surface area contributed by atoms with E-state index in [2.05, 4.69) is 4.99 Å². The van der Waals surface area contributed by atoms with Gasteiger partial charge >= 0.3 is 6.09 Å². The lowest BCUT2D eigenvalue weighted by Crippen LogP contribution is -2.71. The molecular weight excluding hydrogens is 418 g/mol. The Kier molecular flexibility index (Phi) is 6.47. The lowest BCUT2D eigenvalue weighted by atomic mass is 9.97. The van der Waals surface area contributed by atoms with Gasteiger partial charge in [-0.25, -0.2) is 13.6 Å². The van der Waals surface area contributed by atoms with E-state index in [0.717, 1.165) is 11.8 Å². The number of nitrogens with zero attached hydrogens (tertiary/aromatic N) is 1. The molecule has 0 unspecified atom stereocenters. The average molecular weight is 443 g/mol. The maximum atomic E-state index is 13.8. The van der Waals surface area contributed by atoms with Gasteiger partial charge in [-0.3, -0.25) is 4.99 Å². The van der Waals surface area contributed by atoms with Crippen LogP contribution in [0.15, 0.2) is 4.99 Å². The number of nitrogens with two attached hydrogens (primary N) is 1. The summed E-state index contributed by atoms with van der Waals surface area (Å²) in [5, 5.41) is -0.411.